The van der Waals surface area contributed by atoms with Crippen LogP contribution in [-0.4, -0.2) is 23.9 Å². The van der Waals surface area contributed by atoms with Crippen molar-refractivity contribution in [1.29, 1.82) is 5.26 Å². The minimum absolute atomic E-state index is 0.0270. The van der Waals surface area contributed by atoms with Crippen molar-refractivity contribution in [2.45, 2.75) is 18.4 Å². The summed E-state index contributed by atoms with van der Waals surface area (Å²) in [7, 11) is -3.79. The maximum atomic E-state index is 12.7. The Morgan fingerprint density at radius 1 is 1.21 bits per heavy atom. The first kappa shape index (κ1) is 22.3. The number of nitrogens with one attached hydrogen (secondary N) is 2. The van der Waals surface area contributed by atoms with E-state index in [1.54, 1.807) is 11.5 Å². The summed E-state index contributed by atoms with van der Waals surface area (Å²) in [6, 6.07) is 15.4. The van der Waals surface area contributed by atoms with Crippen molar-refractivity contribution < 1.29 is 13.2 Å². The summed E-state index contributed by atoms with van der Waals surface area (Å²) >= 11 is 1.17. The fraction of sp³-hybridized carbons (Fsp3) is 0.0870. The van der Waals surface area contributed by atoms with E-state index >= 15 is 0 Å². The summed E-state index contributed by atoms with van der Waals surface area (Å²) in [4.78, 5) is 16.6. The van der Waals surface area contributed by atoms with Crippen LogP contribution in [0.2, 0.25) is 0 Å². The van der Waals surface area contributed by atoms with E-state index in [-0.39, 0.29) is 15.6 Å². The molecule has 0 saturated heterocycles. The Kier molecular flexibility index (Phi) is 6.26. The standard InChI is InChI=1S/C23H19N5O3S2/c1-2-28-15-17(20-5-3-4-6-21(20)28)13-16(14-24)22(29)26-18-7-9-19(10-8-18)33(30,31)27-23-25-11-12-32-23/h3-13,15H,2H2,1H3,(H,25,27)(H,26,29). The quantitative estimate of drug-likeness (QED) is 0.301. The molecule has 0 aliphatic heterocycles. The van der Waals surface area contributed by atoms with E-state index in [9.17, 15) is 18.5 Å². The highest BCUT2D eigenvalue weighted by atomic mass is 32.2. The van der Waals surface area contributed by atoms with Crippen LogP contribution >= 0.6 is 11.3 Å². The van der Waals surface area contributed by atoms with Gasteiger partial charge < -0.3 is 9.88 Å². The lowest BCUT2D eigenvalue weighted by molar-refractivity contribution is -0.112. The smallest absolute Gasteiger partial charge is 0.266 e. The van der Waals surface area contributed by atoms with Gasteiger partial charge in [0, 0.05) is 46.5 Å². The Bertz CT molecular complexity index is 1480. The molecule has 33 heavy (non-hydrogen) atoms. The number of sulfonamides is 1. The van der Waals surface area contributed by atoms with E-state index in [4.69, 9.17) is 0 Å². The van der Waals surface area contributed by atoms with E-state index in [0.717, 1.165) is 23.0 Å². The monoisotopic (exact) mass is 477 g/mol. The zero-order valence-corrected chi connectivity index (χ0v) is 19.2. The van der Waals surface area contributed by atoms with Crippen LogP contribution in [0.25, 0.3) is 17.0 Å². The maximum Gasteiger partial charge on any atom is 0.266 e. The molecule has 2 heterocycles. The number of anilines is 2. The number of hydrogen-bond donors (Lipinski definition) is 2. The molecule has 8 nitrogen and oxygen atoms in total. The van der Waals surface area contributed by atoms with E-state index in [0.29, 0.717) is 5.69 Å². The Hall–Kier alpha value is -3.94. The molecule has 0 saturated carbocycles. The minimum atomic E-state index is -3.79. The predicted molar refractivity (Wildman–Crippen MR) is 129 cm³/mol. The molecule has 0 atom stereocenters. The molecule has 2 aromatic carbocycles. The van der Waals surface area contributed by atoms with Gasteiger partial charge >= 0.3 is 0 Å². The Balaban J connectivity index is 1.53. The number of benzene rings is 2. The number of aryl methyl sites for hydroxylation is 1. The molecule has 4 rings (SSSR count). The Morgan fingerprint density at radius 2 is 1.97 bits per heavy atom. The fourth-order valence-corrected chi connectivity index (χ4v) is 5.11. The van der Waals surface area contributed by atoms with Gasteiger partial charge in [-0.25, -0.2) is 13.4 Å². The molecule has 0 spiro atoms. The van der Waals surface area contributed by atoms with Crippen LogP contribution in [0.1, 0.15) is 12.5 Å². The summed E-state index contributed by atoms with van der Waals surface area (Å²) in [6.07, 6.45) is 4.96. The maximum absolute atomic E-state index is 12.7. The molecule has 0 fully saturated rings. The highest BCUT2D eigenvalue weighted by Gasteiger charge is 2.16. The second kappa shape index (κ2) is 9.28. The van der Waals surface area contributed by atoms with Crippen LogP contribution in [0, 0.1) is 11.3 Å². The van der Waals surface area contributed by atoms with Gasteiger partial charge in [-0.3, -0.25) is 9.52 Å². The number of amides is 1. The van der Waals surface area contributed by atoms with Crippen LogP contribution in [-0.2, 0) is 21.4 Å². The normalized spacial score (nSPS) is 11.8. The number of rotatable bonds is 7. The van der Waals surface area contributed by atoms with Gasteiger partial charge in [0.1, 0.15) is 11.6 Å². The topological polar surface area (TPSA) is 117 Å². The lowest BCUT2D eigenvalue weighted by Crippen LogP contribution is -2.15. The fourth-order valence-electron chi connectivity index (χ4n) is 3.32. The summed E-state index contributed by atoms with van der Waals surface area (Å²) < 4.78 is 29.3. The Morgan fingerprint density at radius 3 is 2.64 bits per heavy atom. The minimum Gasteiger partial charge on any atom is -0.347 e. The molecule has 0 aliphatic rings. The first-order valence-electron chi connectivity index (χ1n) is 9.94. The first-order chi connectivity index (χ1) is 15.9. The number of para-hydroxylation sites is 1. The van der Waals surface area contributed by atoms with E-state index in [1.165, 1.54) is 41.8 Å². The second-order valence-electron chi connectivity index (χ2n) is 6.98. The summed E-state index contributed by atoms with van der Waals surface area (Å²) in [5.74, 6) is -0.581. The van der Waals surface area contributed by atoms with Gasteiger partial charge in [-0.1, -0.05) is 18.2 Å². The van der Waals surface area contributed by atoms with Gasteiger partial charge in [0.25, 0.3) is 15.9 Å². The molecule has 10 heteroatoms. The van der Waals surface area contributed by atoms with Crippen molar-refractivity contribution in [2.75, 3.05) is 10.0 Å². The average Bonchev–Trinajstić information content (AvgIpc) is 3.45. The van der Waals surface area contributed by atoms with Crippen molar-refractivity contribution in [1.82, 2.24) is 9.55 Å². The molecule has 4 aromatic rings. The van der Waals surface area contributed by atoms with Gasteiger partial charge in [0.15, 0.2) is 5.13 Å². The SMILES string of the molecule is CCn1cc(C=C(C#N)C(=O)Nc2ccc(S(=O)(=O)Nc3nccs3)cc2)c2ccccc21. The first-order valence-corrected chi connectivity index (χ1v) is 12.3. The summed E-state index contributed by atoms with van der Waals surface area (Å²) in [6.45, 7) is 2.78. The van der Waals surface area contributed by atoms with Crippen LogP contribution in [0.3, 0.4) is 0 Å². The number of aromatic nitrogens is 2. The van der Waals surface area contributed by atoms with Crippen LogP contribution in [0.5, 0.6) is 0 Å². The number of hydrogen-bond acceptors (Lipinski definition) is 6. The van der Waals surface area contributed by atoms with E-state index < -0.39 is 15.9 Å². The number of fused-ring (bicyclic) bond motifs is 1. The number of nitrogens with zero attached hydrogens (tertiary/aromatic N) is 3. The van der Waals surface area contributed by atoms with E-state index in [2.05, 4.69) is 15.0 Å². The molecular weight excluding hydrogens is 458 g/mol. The number of carbonyl (C=O) groups excluding carboxylic acids is 1. The van der Waals surface area contributed by atoms with Crippen molar-refractivity contribution in [3.63, 3.8) is 0 Å². The third-order valence-electron chi connectivity index (χ3n) is 4.90. The molecule has 2 aromatic heterocycles. The number of carbonyl (C=O) groups is 1. The highest BCUT2D eigenvalue weighted by Crippen LogP contribution is 2.24. The summed E-state index contributed by atoms with van der Waals surface area (Å²) in [5.41, 5.74) is 2.10. The number of nitriles is 1. The second-order valence-corrected chi connectivity index (χ2v) is 9.56. The molecule has 0 unspecified atom stereocenters. The molecule has 1 amide bonds. The third-order valence-corrected chi connectivity index (χ3v) is 7.07. The highest BCUT2D eigenvalue weighted by molar-refractivity contribution is 7.93. The molecular formula is C23H19N5O3S2. The van der Waals surface area contributed by atoms with Gasteiger partial charge in [0.2, 0.25) is 0 Å². The van der Waals surface area contributed by atoms with Crippen molar-refractivity contribution >= 4 is 55.1 Å². The number of thiazole rings is 1. The third kappa shape index (κ3) is 4.79. The molecule has 0 aliphatic carbocycles. The molecule has 166 valence electrons. The predicted octanol–water partition coefficient (Wildman–Crippen LogP) is 4.46. The van der Waals surface area contributed by atoms with Crippen molar-refractivity contribution in [2.24, 2.45) is 0 Å². The zero-order chi connectivity index (χ0) is 23.4. The lowest BCUT2D eigenvalue weighted by Gasteiger charge is -2.07. The molecule has 0 bridgehead atoms. The molecule has 2 N–H and O–H groups in total. The van der Waals surface area contributed by atoms with E-state index in [1.807, 2.05) is 48.0 Å². The van der Waals surface area contributed by atoms with Crippen molar-refractivity contribution in [3.8, 4) is 6.07 Å². The summed E-state index contributed by atoms with van der Waals surface area (Å²) in [5, 5.41) is 15.1. The Labute approximate surface area is 194 Å². The van der Waals surface area contributed by atoms with Crippen LogP contribution in [0.15, 0.2) is 76.8 Å². The van der Waals surface area contributed by atoms with Gasteiger partial charge in [-0.2, -0.15) is 5.26 Å². The van der Waals surface area contributed by atoms with Gasteiger partial charge in [-0.15, -0.1) is 11.3 Å². The largest absolute Gasteiger partial charge is 0.347 e. The average molecular weight is 478 g/mol. The lowest BCUT2D eigenvalue weighted by atomic mass is 10.1. The van der Waals surface area contributed by atoms with Crippen molar-refractivity contribution in [3.05, 3.63) is 77.4 Å². The van der Waals surface area contributed by atoms with Gasteiger partial charge in [-0.05, 0) is 43.3 Å². The van der Waals surface area contributed by atoms with Crippen LogP contribution < -0.4 is 10.0 Å². The zero-order valence-electron chi connectivity index (χ0n) is 17.5. The van der Waals surface area contributed by atoms with Gasteiger partial charge in [0.05, 0.1) is 4.90 Å². The molecule has 0 radical (unpaired) electrons. The van der Waals surface area contributed by atoms with Crippen LogP contribution in [0.4, 0.5) is 10.8 Å².